The van der Waals surface area contributed by atoms with E-state index in [4.69, 9.17) is 4.12 Å². The van der Waals surface area contributed by atoms with E-state index in [1.165, 1.54) is 0 Å². The van der Waals surface area contributed by atoms with Gasteiger partial charge >= 0.3 is 0 Å². The minimum absolute atomic E-state index is 0.408. The van der Waals surface area contributed by atoms with Gasteiger partial charge in [0, 0.05) is 0 Å². The highest BCUT2D eigenvalue weighted by molar-refractivity contribution is 6.84. The van der Waals surface area contributed by atoms with Crippen molar-refractivity contribution in [2.45, 2.75) is 45.2 Å². The number of para-hydroxylation sites is 1. The van der Waals surface area contributed by atoms with E-state index in [1.807, 2.05) is 18.2 Å². The molecule has 96 valence electrons. The molecule has 1 aromatic carbocycles. The van der Waals surface area contributed by atoms with Gasteiger partial charge in [0.2, 0.25) is 0 Å². The van der Waals surface area contributed by atoms with Crippen molar-refractivity contribution >= 4 is 16.6 Å². The predicted octanol–water partition coefficient (Wildman–Crippen LogP) is 3.99. The Morgan fingerprint density at radius 3 is 2.18 bits per heavy atom. The van der Waals surface area contributed by atoms with Gasteiger partial charge in [0.15, 0.2) is 16.6 Å². The van der Waals surface area contributed by atoms with Crippen LogP contribution in [0.4, 0.5) is 0 Å². The van der Waals surface area contributed by atoms with Gasteiger partial charge in [0.1, 0.15) is 5.75 Å². The van der Waals surface area contributed by atoms with Crippen LogP contribution >= 0.6 is 0 Å². The Hall–Kier alpha value is -0.586. The van der Waals surface area contributed by atoms with Crippen LogP contribution in [0.25, 0.3) is 0 Å². The lowest BCUT2D eigenvalue weighted by Gasteiger charge is -2.31. The summed E-state index contributed by atoms with van der Waals surface area (Å²) in [6.45, 7) is 11.3. The Kier molecular flexibility index (Phi) is 4.57. The van der Waals surface area contributed by atoms with E-state index in [1.54, 1.807) is 6.07 Å². The highest BCUT2D eigenvalue weighted by Gasteiger charge is 2.29. The lowest BCUT2D eigenvalue weighted by atomic mass is 10.1. The minimum Gasteiger partial charge on any atom is -0.508 e. The normalized spacial score (nSPS) is 12.8. The number of aryl methyl sites for hydroxylation is 1. The summed E-state index contributed by atoms with van der Waals surface area (Å²) >= 11 is 0. The van der Waals surface area contributed by atoms with Crippen LogP contribution in [-0.2, 0) is 10.5 Å². The molecule has 0 bridgehead atoms. The third-order valence-corrected chi connectivity index (χ3v) is 8.68. The molecule has 0 saturated heterocycles. The number of rotatable bonds is 5. The minimum atomic E-state index is -1.59. The lowest BCUT2D eigenvalue weighted by Crippen LogP contribution is -2.42. The largest absolute Gasteiger partial charge is 0.508 e. The van der Waals surface area contributed by atoms with E-state index < -0.39 is 16.6 Å². The van der Waals surface area contributed by atoms with Gasteiger partial charge < -0.3 is 9.22 Å². The second kappa shape index (κ2) is 5.37. The SMILES string of the molecule is C[Si](C)(C)O[Si](C)(C)CCc1ccccc1O. The number of phenolic OH excluding ortho intramolecular Hbond substituents is 1. The Morgan fingerprint density at radius 1 is 1.06 bits per heavy atom. The van der Waals surface area contributed by atoms with E-state index in [2.05, 4.69) is 32.7 Å². The highest BCUT2D eigenvalue weighted by atomic mass is 28.4. The Bertz CT molecular complexity index is 370. The third-order valence-electron chi connectivity index (χ3n) is 2.57. The van der Waals surface area contributed by atoms with Crippen LogP contribution in [0.1, 0.15) is 5.56 Å². The first kappa shape index (κ1) is 14.5. The van der Waals surface area contributed by atoms with Gasteiger partial charge in [-0.25, -0.2) is 0 Å². The average molecular weight is 269 g/mol. The van der Waals surface area contributed by atoms with Gasteiger partial charge in [-0.05, 0) is 56.8 Å². The second-order valence-electron chi connectivity index (χ2n) is 6.10. The lowest BCUT2D eigenvalue weighted by molar-refractivity contribution is 0.468. The monoisotopic (exact) mass is 268 g/mol. The van der Waals surface area contributed by atoms with Gasteiger partial charge in [-0.1, -0.05) is 18.2 Å². The zero-order chi connectivity index (χ0) is 13.1. The summed E-state index contributed by atoms with van der Waals surface area (Å²) in [4.78, 5) is 0. The molecule has 0 atom stereocenters. The van der Waals surface area contributed by atoms with E-state index in [9.17, 15) is 5.11 Å². The molecule has 0 aliphatic heterocycles. The fourth-order valence-electron chi connectivity index (χ4n) is 2.04. The van der Waals surface area contributed by atoms with Crippen molar-refractivity contribution < 1.29 is 9.22 Å². The first-order chi connectivity index (χ1) is 7.70. The summed E-state index contributed by atoms with van der Waals surface area (Å²) in [6.07, 6.45) is 0.913. The van der Waals surface area contributed by atoms with Gasteiger partial charge in [-0.15, -0.1) is 0 Å². The molecule has 0 heterocycles. The maximum Gasteiger partial charge on any atom is 0.173 e. The molecule has 0 aliphatic carbocycles. The van der Waals surface area contributed by atoms with Gasteiger partial charge in [-0.2, -0.15) is 0 Å². The average Bonchev–Trinajstić information content (AvgIpc) is 2.13. The molecular weight excluding hydrogens is 244 g/mol. The molecule has 4 heteroatoms. The molecule has 0 amide bonds. The number of aromatic hydroxyl groups is 1. The second-order valence-corrected chi connectivity index (χ2v) is 15.2. The molecular formula is C13H24O2Si2. The number of hydrogen-bond acceptors (Lipinski definition) is 2. The van der Waals surface area contributed by atoms with Gasteiger partial charge in [0.25, 0.3) is 0 Å². The van der Waals surface area contributed by atoms with E-state index in [0.29, 0.717) is 5.75 Å². The molecule has 2 nitrogen and oxygen atoms in total. The standard InChI is InChI=1S/C13H24O2Si2/c1-16(2,3)15-17(4,5)11-10-12-8-6-7-9-13(12)14/h6-9,14H,10-11H2,1-5H3. The molecule has 0 aromatic heterocycles. The molecule has 1 rings (SSSR count). The van der Waals surface area contributed by atoms with Crippen LogP contribution in [0.3, 0.4) is 0 Å². The highest BCUT2D eigenvalue weighted by Crippen LogP contribution is 2.24. The van der Waals surface area contributed by atoms with Crippen LogP contribution < -0.4 is 0 Å². The topological polar surface area (TPSA) is 29.5 Å². The molecule has 0 unspecified atom stereocenters. The van der Waals surface area contributed by atoms with E-state index in [0.717, 1.165) is 18.0 Å². The van der Waals surface area contributed by atoms with Gasteiger partial charge in [-0.3, -0.25) is 0 Å². The molecule has 0 spiro atoms. The zero-order valence-electron chi connectivity index (χ0n) is 11.6. The van der Waals surface area contributed by atoms with Crippen molar-refractivity contribution in [1.29, 1.82) is 0 Å². The maximum atomic E-state index is 9.72. The van der Waals surface area contributed by atoms with Crippen LogP contribution in [0.5, 0.6) is 5.75 Å². The van der Waals surface area contributed by atoms with Crippen LogP contribution in [0.15, 0.2) is 24.3 Å². The summed E-state index contributed by atoms with van der Waals surface area (Å²) < 4.78 is 6.28. The molecule has 0 aliphatic rings. The summed E-state index contributed by atoms with van der Waals surface area (Å²) in [5.74, 6) is 0.408. The molecule has 0 radical (unpaired) electrons. The quantitative estimate of drug-likeness (QED) is 0.818. The first-order valence-corrected chi connectivity index (χ1v) is 12.7. The van der Waals surface area contributed by atoms with Crippen molar-refractivity contribution in [2.75, 3.05) is 0 Å². The van der Waals surface area contributed by atoms with Crippen molar-refractivity contribution in [3.8, 4) is 5.75 Å². The maximum absolute atomic E-state index is 9.72. The molecule has 0 saturated carbocycles. The predicted molar refractivity (Wildman–Crippen MR) is 78.5 cm³/mol. The third kappa shape index (κ3) is 5.52. The molecule has 17 heavy (non-hydrogen) atoms. The molecule has 1 N–H and O–H groups in total. The van der Waals surface area contributed by atoms with Crippen molar-refractivity contribution in [1.82, 2.24) is 0 Å². The van der Waals surface area contributed by atoms with Crippen molar-refractivity contribution in [3.05, 3.63) is 29.8 Å². The first-order valence-electron chi connectivity index (χ1n) is 6.17. The van der Waals surface area contributed by atoms with Crippen LogP contribution in [-0.4, -0.2) is 21.7 Å². The summed E-state index contributed by atoms with van der Waals surface area (Å²) in [5.41, 5.74) is 1.03. The van der Waals surface area contributed by atoms with Crippen LogP contribution in [0, 0.1) is 0 Å². The van der Waals surface area contributed by atoms with Crippen molar-refractivity contribution in [3.63, 3.8) is 0 Å². The van der Waals surface area contributed by atoms with Gasteiger partial charge in [0.05, 0.1) is 0 Å². The van der Waals surface area contributed by atoms with Crippen molar-refractivity contribution in [2.24, 2.45) is 0 Å². The van der Waals surface area contributed by atoms with E-state index in [-0.39, 0.29) is 0 Å². The number of hydrogen-bond donors (Lipinski definition) is 1. The number of phenols is 1. The number of benzene rings is 1. The van der Waals surface area contributed by atoms with Crippen LogP contribution in [0.2, 0.25) is 38.8 Å². The molecule has 1 aromatic rings. The summed E-state index contributed by atoms with van der Waals surface area (Å²) in [6, 6.07) is 8.65. The fourth-order valence-corrected chi connectivity index (χ4v) is 9.95. The Balaban J connectivity index is 2.59. The smallest absolute Gasteiger partial charge is 0.173 e. The molecule has 0 fully saturated rings. The Labute approximate surface area is 107 Å². The van der Waals surface area contributed by atoms with E-state index >= 15 is 0 Å². The zero-order valence-corrected chi connectivity index (χ0v) is 13.6. The summed E-state index contributed by atoms with van der Waals surface area (Å²) in [7, 11) is -3.04. The fraction of sp³-hybridized carbons (Fsp3) is 0.538. The summed E-state index contributed by atoms with van der Waals surface area (Å²) in [5, 5.41) is 9.72. The Morgan fingerprint density at radius 2 is 1.65 bits per heavy atom.